The van der Waals surface area contributed by atoms with E-state index in [0.29, 0.717) is 15.7 Å². The van der Waals surface area contributed by atoms with E-state index in [9.17, 15) is 0 Å². The zero-order valence-electron chi connectivity index (χ0n) is 11.2. The second-order valence-electron chi connectivity index (χ2n) is 4.77. The Bertz CT molecular complexity index is 812. The van der Waals surface area contributed by atoms with Gasteiger partial charge in [-0.3, -0.25) is 0 Å². The zero-order chi connectivity index (χ0) is 15.0. The summed E-state index contributed by atoms with van der Waals surface area (Å²) in [5.41, 5.74) is 10.2. The van der Waals surface area contributed by atoms with Gasteiger partial charge in [0.2, 0.25) is 5.88 Å². The first-order chi connectivity index (χ1) is 10.1. The van der Waals surface area contributed by atoms with Crippen molar-refractivity contribution in [3.8, 4) is 22.4 Å². The van der Waals surface area contributed by atoms with E-state index in [-0.39, 0.29) is 5.88 Å². The number of hydrogen-bond acceptors (Lipinski definition) is 3. The van der Waals surface area contributed by atoms with Crippen molar-refractivity contribution in [2.24, 2.45) is 0 Å². The lowest BCUT2D eigenvalue weighted by molar-refractivity contribution is 0.439. The molecule has 0 atom stereocenters. The van der Waals surface area contributed by atoms with Crippen molar-refractivity contribution >= 4 is 29.1 Å². The fourth-order valence-corrected chi connectivity index (χ4v) is 2.52. The van der Waals surface area contributed by atoms with Crippen LogP contribution >= 0.6 is 23.2 Å². The molecule has 0 spiro atoms. The molecule has 5 heteroatoms. The fraction of sp³-hybridized carbons (Fsp3) is 0.0625. The fourth-order valence-electron chi connectivity index (χ4n) is 2.22. The van der Waals surface area contributed by atoms with E-state index in [0.717, 1.165) is 22.3 Å². The lowest BCUT2D eigenvalue weighted by Crippen LogP contribution is -1.88. The SMILES string of the molecule is Cc1cccc(-c2noc(N)c2-c2ccc(Cl)c(Cl)c2)c1. The molecule has 0 saturated carbocycles. The van der Waals surface area contributed by atoms with Crippen LogP contribution in [-0.4, -0.2) is 5.16 Å². The molecule has 0 saturated heterocycles. The summed E-state index contributed by atoms with van der Waals surface area (Å²) in [6, 6.07) is 13.3. The summed E-state index contributed by atoms with van der Waals surface area (Å²) in [6.45, 7) is 2.02. The van der Waals surface area contributed by atoms with Crippen molar-refractivity contribution in [3.63, 3.8) is 0 Å². The molecule has 0 bridgehead atoms. The number of aryl methyl sites for hydroxylation is 1. The molecule has 3 aromatic rings. The van der Waals surface area contributed by atoms with Crippen LogP contribution in [0.2, 0.25) is 10.0 Å². The van der Waals surface area contributed by atoms with Gasteiger partial charge in [-0.25, -0.2) is 0 Å². The van der Waals surface area contributed by atoms with Crippen LogP contribution in [0.5, 0.6) is 0 Å². The van der Waals surface area contributed by atoms with Gasteiger partial charge < -0.3 is 10.3 Å². The molecule has 2 N–H and O–H groups in total. The molecular weight excluding hydrogens is 307 g/mol. The first-order valence-corrected chi connectivity index (χ1v) is 7.09. The number of aromatic nitrogens is 1. The highest BCUT2D eigenvalue weighted by Crippen LogP contribution is 2.38. The Morgan fingerprint density at radius 1 is 1.00 bits per heavy atom. The second-order valence-corrected chi connectivity index (χ2v) is 5.58. The second kappa shape index (κ2) is 5.43. The predicted molar refractivity (Wildman–Crippen MR) is 86.5 cm³/mol. The zero-order valence-corrected chi connectivity index (χ0v) is 12.7. The molecular formula is C16H12Cl2N2O. The number of nitrogens with two attached hydrogens (primary N) is 1. The molecule has 0 radical (unpaired) electrons. The smallest absolute Gasteiger partial charge is 0.230 e. The summed E-state index contributed by atoms with van der Waals surface area (Å²) in [7, 11) is 0. The van der Waals surface area contributed by atoms with Gasteiger partial charge in [0, 0.05) is 5.56 Å². The Morgan fingerprint density at radius 2 is 1.81 bits per heavy atom. The summed E-state index contributed by atoms with van der Waals surface area (Å²) < 4.78 is 5.17. The Kier molecular flexibility index (Phi) is 3.62. The van der Waals surface area contributed by atoms with Crippen LogP contribution in [0.1, 0.15) is 5.56 Å². The molecule has 21 heavy (non-hydrogen) atoms. The van der Waals surface area contributed by atoms with E-state index >= 15 is 0 Å². The van der Waals surface area contributed by atoms with Gasteiger partial charge >= 0.3 is 0 Å². The van der Waals surface area contributed by atoms with Gasteiger partial charge in [0.15, 0.2) is 0 Å². The summed E-state index contributed by atoms with van der Waals surface area (Å²) in [5.74, 6) is 0.255. The third-order valence-electron chi connectivity index (χ3n) is 3.22. The average molecular weight is 319 g/mol. The molecule has 1 heterocycles. The minimum Gasteiger partial charge on any atom is -0.367 e. The number of nitrogen functional groups attached to an aromatic ring is 1. The van der Waals surface area contributed by atoms with Gasteiger partial charge in [0.1, 0.15) is 5.69 Å². The van der Waals surface area contributed by atoms with Crippen molar-refractivity contribution in [2.45, 2.75) is 6.92 Å². The first kappa shape index (κ1) is 14.0. The van der Waals surface area contributed by atoms with Crippen LogP contribution in [0.15, 0.2) is 47.0 Å². The van der Waals surface area contributed by atoms with Crippen LogP contribution < -0.4 is 5.73 Å². The Morgan fingerprint density at radius 3 is 2.52 bits per heavy atom. The third kappa shape index (κ3) is 2.62. The maximum absolute atomic E-state index is 6.08. The van der Waals surface area contributed by atoms with E-state index in [1.54, 1.807) is 12.1 Å². The molecule has 0 aliphatic heterocycles. The van der Waals surface area contributed by atoms with E-state index in [4.69, 9.17) is 33.5 Å². The van der Waals surface area contributed by atoms with Gasteiger partial charge in [-0.1, -0.05) is 58.2 Å². The van der Waals surface area contributed by atoms with Gasteiger partial charge in [-0.15, -0.1) is 0 Å². The maximum atomic E-state index is 6.08. The lowest BCUT2D eigenvalue weighted by atomic mass is 10.00. The maximum Gasteiger partial charge on any atom is 0.230 e. The van der Waals surface area contributed by atoms with Crippen molar-refractivity contribution < 1.29 is 4.52 Å². The highest BCUT2D eigenvalue weighted by atomic mass is 35.5. The molecule has 0 fully saturated rings. The molecule has 3 nitrogen and oxygen atoms in total. The molecule has 106 valence electrons. The number of rotatable bonds is 2. The van der Waals surface area contributed by atoms with E-state index < -0.39 is 0 Å². The highest BCUT2D eigenvalue weighted by molar-refractivity contribution is 6.42. The van der Waals surface area contributed by atoms with Gasteiger partial charge in [-0.2, -0.15) is 0 Å². The van der Waals surface area contributed by atoms with E-state index in [2.05, 4.69) is 5.16 Å². The molecule has 2 aromatic carbocycles. The normalized spacial score (nSPS) is 10.8. The first-order valence-electron chi connectivity index (χ1n) is 6.34. The number of anilines is 1. The van der Waals surface area contributed by atoms with Crippen molar-refractivity contribution in [3.05, 3.63) is 58.1 Å². The standard InChI is InChI=1S/C16H12Cl2N2O/c1-9-3-2-4-11(7-9)15-14(16(19)21-20-15)10-5-6-12(17)13(18)8-10/h2-8H,19H2,1H3. The topological polar surface area (TPSA) is 52.0 Å². The van der Waals surface area contributed by atoms with Crippen LogP contribution in [0.3, 0.4) is 0 Å². The summed E-state index contributed by atoms with van der Waals surface area (Å²) in [4.78, 5) is 0. The highest BCUT2D eigenvalue weighted by Gasteiger charge is 2.18. The Labute approximate surface area is 132 Å². The molecule has 0 amide bonds. The number of halogens is 2. The molecule has 0 aliphatic carbocycles. The minimum absolute atomic E-state index is 0.255. The number of benzene rings is 2. The van der Waals surface area contributed by atoms with Gasteiger partial charge in [0.05, 0.1) is 15.6 Å². The quantitative estimate of drug-likeness (QED) is 0.706. The van der Waals surface area contributed by atoms with E-state index in [1.807, 2.05) is 37.3 Å². The summed E-state index contributed by atoms with van der Waals surface area (Å²) in [5, 5.41) is 5.04. The van der Waals surface area contributed by atoms with Crippen LogP contribution in [0.25, 0.3) is 22.4 Å². The Hall–Kier alpha value is -1.97. The van der Waals surface area contributed by atoms with Crippen molar-refractivity contribution in [1.29, 1.82) is 0 Å². The van der Waals surface area contributed by atoms with Gasteiger partial charge in [0.25, 0.3) is 0 Å². The lowest BCUT2D eigenvalue weighted by Gasteiger charge is -2.05. The molecule has 3 rings (SSSR count). The van der Waals surface area contributed by atoms with Crippen LogP contribution in [0.4, 0.5) is 5.88 Å². The van der Waals surface area contributed by atoms with Crippen LogP contribution in [0, 0.1) is 6.92 Å². The largest absolute Gasteiger partial charge is 0.367 e. The van der Waals surface area contributed by atoms with Crippen molar-refractivity contribution in [2.75, 3.05) is 5.73 Å². The van der Waals surface area contributed by atoms with E-state index in [1.165, 1.54) is 0 Å². The van der Waals surface area contributed by atoms with Gasteiger partial charge in [-0.05, 0) is 30.7 Å². The molecule has 0 unspecified atom stereocenters. The van der Waals surface area contributed by atoms with Crippen LogP contribution in [-0.2, 0) is 0 Å². The monoisotopic (exact) mass is 318 g/mol. The predicted octanol–water partition coefficient (Wildman–Crippen LogP) is 5.21. The third-order valence-corrected chi connectivity index (χ3v) is 3.96. The average Bonchev–Trinajstić information content (AvgIpc) is 2.84. The summed E-state index contributed by atoms with van der Waals surface area (Å²) in [6.07, 6.45) is 0. The minimum atomic E-state index is 0.255. The summed E-state index contributed by atoms with van der Waals surface area (Å²) >= 11 is 12.0. The number of hydrogen-bond donors (Lipinski definition) is 1. The Balaban J connectivity index is 2.19. The molecule has 1 aromatic heterocycles. The van der Waals surface area contributed by atoms with Crippen molar-refractivity contribution in [1.82, 2.24) is 5.16 Å². The molecule has 0 aliphatic rings. The number of nitrogens with zero attached hydrogens (tertiary/aromatic N) is 1.